The van der Waals surface area contributed by atoms with Crippen LogP contribution in [-0.2, 0) is 26.0 Å². The van der Waals surface area contributed by atoms with E-state index in [2.05, 4.69) is 6.92 Å². The van der Waals surface area contributed by atoms with Crippen LogP contribution in [0.15, 0.2) is 16.3 Å². The van der Waals surface area contributed by atoms with E-state index >= 15 is 0 Å². The van der Waals surface area contributed by atoms with Gasteiger partial charge in [-0.3, -0.25) is 4.79 Å². The molecule has 1 aromatic heterocycles. The number of rotatable bonds is 4. The van der Waals surface area contributed by atoms with Gasteiger partial charge in [-0.05, 0) is 30.9 Å². The van der Waals surface area contributed by atoms with Crippen molar-refractivity contribution in [1.29, 1.82) is 0 Å². The number of piperidine rings is 1. The van der Waals surface area contributed by atoms with Crippen LogP contribution in [-0.4, -0.2) is 62.9 Å². The first-order chi connectivity index (χ1) is 11.5. The second-order valence-corrected chi connectivity index (χ2v) is 9.81. The summed E-state index contributed by atoms with van der Waals surface area (Å²) in [7, 11) is -3.42. The van der Waals surface area contributed by atoms with Gasteiger partial charge < -0.3 is 9.64 Å². The number of amides is 1. The summed E-state index contributed by atoms with van der Waals surface area (Å²) in [6.07, 6.45) is 2.08. The van der Waals surface area contributed by atoms with E-state index in [1.54, 1.807) is 21.3 Å². The number of hydrogen-bond acceptors (Lipinski definition) is 5. The molecule has 0 bridgehead atoms. The van der Waals surface area contributed by atoms with Gasteiger partial charge in [0.1, 0.15) is 4.21 Å². The third-order valence-corrected chi connectivity index (χ3v) is 8.11. The van der Waals surface area contributed by atoms with E-state index in [0.717, 1.165) is 17.7 Å². The molecule has 0 aliphatic carbocycles. The molecule has 2 fully saturated rings. The molecular weight excluding hydrogens is 348 g/mol. The molecule has 0 aromatic carbocycles. The van der Waals surface area contributed by atoms with Crippen molar-refractivity contribution in [3.8, 4) is 0 Å². The Kier molecular flexibility index (Phi) is 5.59. The fourth-order valence-corrected chi connectivity index (χ4v) is 5.99. The molecule has 2 aliphatic rings. The summed E-state index contributed by atoms with van der Waals surface area (Å²) < 4.78 is 32.6. The third-order valence-electron chi connectivity index (χ3n) is 4.66. The lowest BCUT2D eigenvalue weighted by Gasteiger charge is -2.28. The predicted octanol–water partition coefficient (Wildman–Crippen LogP) is 1.57. The average Bonchev–Trinajstić information content (AvgIpc) is 3.05. The molecule has 0 saturated carbocycles. The number of hydrogen-bond donors (Lipinski definition) is 0. The Morgan fingerprint density at radius 2 is 1.88 bits per heavy atom. The van der Waals surface area contributed by atoms with Gasteiger partial charge >= 0.3 is 0 Å². The number of carbonyl (C=O) groups is 1. The van der Waals surface area contributed by atoms with Crippen molar-refractivity contribution in [2.24, 2.45) is 5.92 Å². The van der Waals surface area contributed by atoms with Gasteiger partial charge in [-0.2, -0.15) is 4.31 Å². The van der Waals surface area contributed by atoms with Gasteiger partial charge in [-0.1, -0.05) is 6.92 Å². The fraction of sp³-hybridized carbons (Fsp3) is 0.688. The van der Waals surface area contributed by atoms with E-state index < -0.39 is 10.0 Å². The Hall–Kier alpha value is -0.960. The van der Waals surface area contributed by atoms with E-state index in [1.807, 2.05) is 0 Å². The molecular formula is C16H24N2O4S2. The predicted molar refractivity (Wildman–Crippen MR) is 92.6 cm³/mol. The van der Waals surface area contributed by atoms with Crippen LogP contribution in [0.25, 0.3) is 0 Å². The normalized spacial score (nSPS) is 21.1. The van der Waals surface area contributed by atoms with Gasteiger partial charge in [-0.25, -0.2) is 8.42 Å². The third kappa shape index (κ3) is 3.99. The molecule has 0 spiro atoms. The molecule has 2 aliphatic heterocycles. The van der Waals surface area contributed by atoms with Crippen LogP contribution in [0, 0.1) is 5.92 Å². The van der Waals surface area contributed by atoms with E-state index in [1.165, 1.54) is 11.3 Å². The van der Waals surface area contributed by atoms with Gasteiger partial charge in [0.25, 0.3) is 10.0 Å². The molecule has 1 aromatic rings. The van der Waals surface area contributed by atoms with Crippen molar-refractivity contribution in [1.82, 2.24) is 9.21 Å². The van der Waals surface area contributed by atoms with Crippen molar-refractivity contribution in [3.05, 3.63) is 17.0 Å². The average molecular weight is 373 g/mol. The zero-order valence-electron chi connectivity index (χ0n) is 13.9. The van der Waals surface area contributed by atoms with Gasteiger partial charge in [0.05, 0.1) is 19.6 Å². The van der Waals surface area contributed by atoms with Gasteiger partial charge in [0.2, 0.25) is 5.91 Å². The molecule has 8 heteroatoms. The van der Waals surface area contributed by atoms with Gasteiger partial charge in [-0.15, -0.1) is 11.3 Å². The summed E-state index contributed by atoms with van der Waals surface area (Å²) in [5, 5.41) is 0. The maximum atomic E-state index is 12.7. The van der Waals surface area contributed by atoms with Gasteiger partial charge in [0.15, 0.2) is 0 Å². The largest absolute Gasteiger partial charge is 0.378 e. The van der Waals surface area contributed by atoms with Crippen molar-refractivity contribution >= 4 is 27.3 Å². The molecule has 2 saturated heterocycles. The highest BCUT2D eigenvalue weighted by Gasteiger charge is 2.29. The van der Waals surface area contributed by atoms with Crippen molar-refractivity contribution in [3.63, 3.8) is 0 Å². The minimum Gasteiger partial charge on any atom is -0.378 e. The second kappa shape index (κ2) is 7.51. The van der Waals surface area contributed by atoms with Crippen LogP contribution in [0.2, 0.25) is 0 Å². The van der Waals surface area contributed by atoms with E-state index in [-0.39, 0.29) is 12.3 Å². The molecule has 0 unspecified atom stereocenters. The lowest BCUT2D eigenvalue weighted by Crippen LogP contribution is -2.41. The molecule has 0 N–H and O–H groups in total. The topological polar surface area (TPSA) is 66.9 Å². The van der Waals surface area contributed by atoms with Crippen LogP contribution in [0.5, 0.6) is 0 Å². The van der Waals surface area contributed by atoms with Crippen LogP contribution < -0.4 is 0 Å². The smallest absolute Gasteiger partial charge is 0.252 e. The Bertz CT molecular complexity index is 672. The number of morpholine rings is 1. The van der Waals surface area contributed by atoms with Crippen molar-refractivity contribution < 1.29 is 17.9 Å². The molecule has 1 amide bonds. The summed E-state index contributed by atoms with van der Waals surface area (Å²) in [6, 6.07) is 3.41. The monoisotopic (exact) mass is 372 g/mol. The summed E-state index contributed by atoms with van der Waals surface area (Å²) in [5.74, 6) is 0.623. The van der Waals surface area contributed by atoms with E-state index in [0.29, 0.717) is 49.5 Å². The summed E-state index contributed by atoms with van der Waals surface area (Å²) in [6.45, 7) is 5.70. The number of carbonyl (C=O) groups excluding carboxylic acids is 1. The first-order valence-electron chi connectivity index (χ1n) is 8.41. The summed E-state index contributed by atoms with van der Waals surface area (Å²) in [4.78, 5) is 14.9. The first kappa shape index (κ1) is 17.8. The fourth-order valence-electron chi connectivity index (χ4n) is 3.02. The Morgan fingerprint density at radius 1 is 1.21 bits per heavy atom. The minimum atomic E-state index is -3.42. The zero-order chi connectivity index (χ0) is 17.2. The Morgan fingerprint density at radius 3 is 2.54 bits per heavy atom. The maximum Gasteiger partial charge on any atom is 0.252 e. The van der Waals surface area contributed by atoms with Crippen LogP contribution in [0.3, 0.4) is 0 Å². The number of ether oxygens (including phenoxy) is 1. The van der Waals surface area contributed by atoms with Gasteiger partial charge in [0, 0.05) is 31.1 Å². The lowest BCUT2D eigenvalue weighted by molar-refractivity contribution is -0.134. The van der Waals surface area contributed by atoms with E-state index in [9.17, 15) is 13.2 Å². The van der Waals surface area contributed by atoms with Crippen molar-refractivity contribution in [2.45, 2.75) is 30.4 Å². The van der Waals surface area contributed by atoms with E-state index in [4.69, 9.17) is 4.74 Å². The highest BCUT2D eigenvalue weighted by atomic mass is 32.2. The van der Waals surface area contributed by atoms with Crippen LogP contribution in [0.1, 0.15) is 24.6 Å². The molecule has 134 valence electrons. The zero-order valence-corrected chi connectivity index (χ0v) is 15.6. The summed E-state index contributed by atoms with van der Waals surface area (Å²) >= 11 is 1.22. The standard InChI is InChI=1S/C16H24N2O4S2/c1-13-4-6-18(7-5-13)24(20,21)16-3-2-14(23-16)12-15(19)17-8-10-22-11-9-17/h2-3,13H,4-12H2,1H3. The Labute approximate surface area is 147 Å². The molecule has 6 nitrogen and oxygen atoms in total. The molecule has 3 rings (SSSR count). The Balaban J connectivity index is 1.65. The lowest BCUT2D eigenvalue weighted by atomic mass is 10.0. The molecule has 24 heavy (non-hydrogen) atoms. The quantitative estimate of drug-likeness (QED) is 0.805. The molecule has 0 atom stereocenters. The minimum absolute atomic E-state index is 0.0379. The highest BCUT2D eigenvalue weighted by molar-refractivity contribution is 7.91. The van der Waals surface area contributed by atoms with Crippen LogP contribution >= 0.6 is 11.3 Å². The molecule has 3 heterocycles. The number of nitrogens with zero attached hydrogens (tertiary/aromatic N) is 2. The number of thiophene rings is 1. The SMILES string of the molecule is CC1CCN(S(=O)(=O)c2ccc(CC(=O)N3CCOCC3)s2)CC1. The second-order valence-electron chi connectivity index (χ2n) is 6.48. The van der Waals surface area contributed by atoms with Crippen molar-refractivity contribution in [2.75, 3.05) is 39.4 Å². The first-order valence-corrected chi connectivity index (χ1v) is 10.7. The highest BCUT2D eigenvalue weighted by Crippen LogP contribution is 2.28. The summed E-state index contributed by atoms with van der Waals surface area (Å²) in [5.41, 5.74) is 0. The van der Waals surface area contributed by atoms with Crippen LogP contribution in [0.4, 0.5) is 0 Å². The number of sulfonamides is 1. The molecule has 0 radical (unpaired) electrons. The maximum absolute atomic E-state index is 12.7.